The van der Waals surface area contributed by atoms with E-state index in [1.165, 1.54) is 11.1 Å². The summed E-state index contributed by atoms with van der Waals surface area (Å²) in [5.74, 6) is 0. The Morgan fingerprint density at radius 3 is 2.55 bits per heavy atom. The van der Waals surface area contributed by atoms with Crippen molar-refractivity contribution in [1.82, 2.24) is 15.3 Å². The van der Waals surface area contributed by atoms with Gasteiger partial charge < -0.3 is 5.32 Å². The van der Waals surface area contributed by atoms with Gasteiger partial charge in [0.25, 0.3) is 0 Å². The Labute approximate surface area is 124 Å². The van der Waals surface area contributed by atoms with Gasteiger partial charge in [0.2, 0.25) is 0 Å². The van der Waals surface area contributed by atoms with Crippen molar-refractivity contribution in [3.63, 3.8) is 0 Å². The fourth-order valence-electron chi connectivity index (χ4n) is 2.89. The Hall–Kier alpha value is -1.39. The number of aromatic nitrogens is 2. The minimum Gasteiger partial charge on any atom is -0.312 e. The van der Waals surface area contributed by atoms with Gasteiger partial charge in [0, 0.05) is 22.7 Å². The van der Waals surface area contributed by atoms with Gasteiger partial charge in [-0.3, -0.25) is 0 Å². The van der Waals surface area contributed by atoms with Crippen LogP contribution < -0.4 is 5.32 Å². The zero-order valence-electron chi connectivity index (χ0n) is 12.1. The van der Waals surface area contributed by atoms with E-state index in [4.69, 9.17) is 0 Å². The molecule has 1 aliphatic carbocycles. The second kappa shape index (κ2) is 5.54. The summed E-state index contributed by atoms with van der Waals surface area (Å²) in [6.07, 6.45) is 1.07. The van der Waals surface area contributed by atoms with Gasteiger partial charge in [-0.05, 0) is 44.5 Å². The maximum absolute atomic E-state index is 4.55. The molecule has 0 saturated carbocycles. The minimum absolute atomic E-state index is 0.376. The molecule has 3 nitrogen and oxygen atoms in total. The first kappa shape index (κ1) is 13.6. The number of benzene rings is 1. The first-order valence-electron chi connectivity index (χ1n) is 6.91. The fraction of sp³-hybridized carbons (Fsp3) is 0.375. The quantitative estimate of drug-likeness (QED) is 0.880. The van der Waals surface area contributed by atoms with Crippen LogP contribution in [-0.2, 0) is 6.42 Å². The molecule has 0 aliphatic heterocycles. The SMILES string of the molecule is CNC1c2ccccc2CC1Sc1nc(C)cc(C)n1. The molecule has 2 aromatic rings. The zero-order chi connectivity index (χ0) is 14.1. The van der Waals surface area contributed by atoms with Crippen LogP contribution in [0.4, 0.5) is 0 Å². The van der Waals surface area contributed by atoms with Crippen molar-refractivity contribution in [1.29, 1.82) is 0 Å². The Kier molecular flexibility index (Phi) is 3.76. The molecule has 0 spiro atoms. The molecular formula is C16H19N3S. The van der Waals surface area contributed by atoms with Gasteiger partial charge >= 0.3 is 0 Å². The smallest absolute Gasteiger partial charge is 0.188 e. The Balaban J connectivity index is 1.85. The average Bonchev–Trinajstić information content (AvgIpc) is 2.74. The summed E-state index contributed by atoms with van der Waals surface area (Å²) in [5, 5.41) is 4.79. The highest BCUT2D eigenvalue weighted by Gasteiger charge is 2.32. The van der Waals surface area contributed by atoms with Gasteiger partial charge in [-0.1, -0.05) is 36.0 Å². The summed E-state index contributed by atoms with van der Waals surface area (Å²) < 4.78 is 0. The van der Waals surface area contributed by atoms with Crippen LogP contribution in [0.3, 0.4) is 0 Å². The van der Waals surface area contributed by atoms with Crippen molar-refractivity contribution in [2.24, 2.45) is 0 Å². The van der Waals surface area contributed by atoms with E-state index in [0.29, 0.717) is 11.3 Å². The van der Waals surface area contributed by atoms with Crippen LogP contribution >= 0.6 is 11.8 Å². The van der Waals surface area contributed by atoms with E-state index in [9.17, 15) is 0 Å². The lowest BCUT2D eigenvalue weighted by Gasteiger charge is -2.18. The van der Waals surface area contributed by atoms with Gasteiger partial charge in [-0.2, -0.15) is 0 Å². The molecule has 1 aromatic carbocycles. The second-order valence-electron chi connectivity index (χ2n) is 5.26. The predicted molar refractivity (Wildman–Crippen MR) is 83.1 cm³/mol. The van der Waals surface area contributed by atoms with Gasteiger partial charge in [0.1, 0.15) is 0 Å². The summed E-state index contributed by atoms with van der Waals surface area (Å²) in [5.41, 5.74) is 4.93. The Morgan fingerprint density at radius 2 is 1.85 bits per heavy atom. The van der Waals surface area contributed by atoms with E-state index >= 15 is 0 Å². The summed E-state index contributed by atoms with van der Waals surface area (Å²) >= 11 is 1.78. The van der Waals surface area contributed by atoms with Crippen LogP contribution in [0.1, 0.15) is 28.6 Å². The van der Waals surface area contributed by atoms with Crippen molar-refractivity contribution in [3.05, 3.63) is 52.8 Å². The predicted octanol–water partition coefficient (Wildman–Crippen LogP) is 3.07. The van der Waals surface area contributed by atoms with E-state index in [-0.39, 0.29) is 0 Å². The number of hydrogen-bond acceptors (Lipinski definition) is 4. The van der Waals surface area contributed by atoms with Gasteiger partial charge in [0.15, 0.2) is 5.16 Å². The van der Waals surface area contributed by atoms with Crippen molar-refractivity contribution >= 4 is 11.8 Å². The molecule has 0 amide bonds. The van der Waals surface area contributed by atoms with Crippen molar-refractivity contribution < 1.29 is 0 Å². The molecule has 2 unspecified atom stereocenters. The van der Waals surface area contributed by atoms with Gasteiger partial charge in [0.05, 0.1) is 0 Å². The lowest BCUT2D eigenvalue weighted by atomic mass is 10.1. The zero-order valence-corrected chi connectivity index (χ0v) is 12.9. The maximum Gasteiger partial charge on any atom is 0.188 e. The van der Waals surface area contributed by atoms with E-state index in [1.54, 1.807) is 11.8 Å². The molecule has 3 rings (SSSR count). The standard InChI is InChI=1S/C16H19N3S/c1-10-8-11(2)19-16(18-10)20-14-9-12-6-4-5-7-13(12)15(14)17-3/h4-8,14-15,17H,9H2,1-3H3. The number of thioether (sulfide) groups is 1. The molecule has 1 N–H and O–H groups in total. The van der Waals surface area contributed by atoms with Gasteiger partial charge in [-0.25, -0.2) is 9.97 Å². The highest BCUT2D eigenvalue weighted by atomic mass is 32.2. The number of fused-ring (bicyclic) bond motifs is 1. The molecule has 0 radical (unpaired) electrons. The van der Waals surface area contributed by atoms with Crippen LogP contribution in [0.5, 0.6) is 0 Å². The molecule has 0 bridgehead atoms. The molecule has 20 heavy (non-hydrogen) atoms. The van der Waals surface area contributed by atoms with Crippen LogP contribution in [0, 0.1) is 13.8 Å². The Bertz CT molecular complexity index is 607. The highest BCUT2D eigenvalue weighted by molar-refractivity contribution is 7.99. The van der Waals surface area contributed by atoms with Crippen molar-refractivity contribution in [3.8, 4) is 0 Å². The van der Waals surface area contributed by atoms with Crippen molar-refractivity contribution in [2.75, 3.05) is 7.05 Å². The lowest BCUT2D eigenvalue weighted by molar-refractivity contribution is 0.602. The summed E-state index contributed by atoms with van der Waals surface area (Å²) in [6.45, 7) is 4.05. The topological polar surface area (TPSA) is 37.8 Å². The van der Waals surface area contributed by atoms with Crippen LogP contribution in [0.25, 0.3) is 0 Å². The monoisotopic (exact) mass is 285 g/mol. The summed E-state index contributed by atoms with van der Waals surface area (Å²) in [6, 6.07) is 11.1. The van der Waals surface area contributed by atoms with E-state index in [0.717, 1.165) is 23.0 Å². The van der Waals surface area contributed by atoms with E-state index < -0.39 is 0 Å². The number of rotatable bonds is 3. The maximum atomic E-state index is 4.55. The highest BCUT2D eigenvalue weighted by Crippen LogP contribution is 2.40. The third kappa shape index (κ3) is 2.58. The molecule has 2 atom stereocenters. The fourth-order valence-corrected chi connectivity index (χ4v) is 4.24. The first-order valence-corrected chi connectivity index (χ1v) is 7.79. The molecule has 0 saturated heterocycles. The number of aryl methyl sites for hydroxylation is 2. The van der Waals surface area contributed by atoms with E-state index in [1.807, 2.05) is 27.0 Å². The molecular weight excluding hydrogens is 266 g/mol. The molecule has 1 heterocycles. The first-order chi connectivity index (χ1) is 9.67. The Morgan fingerprint density at radius 1 is 1.15 bits per heavy atom. The molecule has 1 aromatic heterocycles. The third-order valence-corrected chi connectivity index (χ3v) is 4.85. The van der Waals surface area contributed by atoms with Crippen LogP contribution in [-0.4, -0.2) is 22.3 Å². The van der Waals surface area contributed by atoms with Crippen molar-refractivity contribution in [2.45, 2.75) is 36.7 Å². The minimum atomic E-state index is 0.376. The number of nitrogens with zero attached hydrogens (tertiary/aromatic N) is 2. The lowest BCUT2D eigenvalue weighted by Crippen LogP contribution is -2.23. The number of hydrogen-bond donors (Lipinski definition) is 1. The molecule has 1 aliphatic rings. The third-order valence-electron chi connectivity index (χ3n) is 3.71. The second-order valence-corrected chi connectivity index (χ2v) is 6.47. The molecule has 104 valence electrons. The summed E-state index contributed by atoms with van der Waals surface area (Å²) in [4.78, 5) is 9.11. The summed E-state index contributed by atoms with van der Waals surface area (Å²) in [7, 11) is 2.03. The number of nitrogens with one attached hydrogen (secondary N) is 1. The largest absolute Gasteiger partial charge is 0.312 e. The molecule has 4 heteroatoms. The van der Waals surface area contributed by atoms with Crippen LogP contribution in [0.15, 0.2) is 35.5 Å². The average molecular weight is 285 g/mol. The van der Waals surface area contributed by atoms with Gasteiger partial charge in [-0.15, -0.1) is 0 Å². The van der Waals surface area contributed by atoms with Crippen LogP contribution in [0.2, 0.25) is 0 Å². The molecule has 0 fully saturated rings. The van der Waals surface area contributed by atoms with E-state index in [2.05, 4.69) is 39.6 Å². The normalized spacial score (nSPS) is 20.9.